The van der Waals surface area contributed by atoms with Crippen LogP contribution in [0.3, 0.4) is 0 Å². The molecule has 5 nitrogen and oxygen atoms in total. The lowest BCUT2D eigenvalue weighted by atomic mass is 9.96. The topological polar surface area (TPSA) is 76.7 Å². The highest BCUT2D eigenvalue weighted by molar-refractivity contribution is 9.11. The van der Waals surface area contributed by atoms with Crippen LogP contribution in [-0.4, -0.2) is 29.6 Å². The Balaban J connectivity index is 2.59. The molecular weight excluding hydrogens is 304 g/mol. The molecule has 1 atom stereocenters. The van der Waals surface area contributed by atoms with Crippen LogP contribution < -0.4 is 0 Å². The summed E-state index contributed by atoms with van der Waals surface area (Å²) in [5, 5.41) is 9.68. The maximum Gasteiger partial charge on any atom is 0.342 e. The van der Waals surface area contributed by atoms with Gasteiger partial charge in [-0.2, -0.15) is 0 Å². The molecule has 0 amide bonds. The smallest absolute Gasteiger partial charge is 0.342 e. The van der Waals surface area contributed by atoms with Crippen LogP contribution >= 0.6 is 15.9 Å². The Labute approximate surface area is 112 Å². The van der Waals surface area contributed by atoms with Crippen LogP contribution in [0.1, 0.15) is 39.2 Å². The molecule has 1 aliphatic rings. The van der Waals surface area contributed by atoms with Crippen molar-refractivity contribution >= 4 is 33.8 Å². The van der Waals surface area contributed by atoms with E-state index in [1.807, 2.05) is 0 Å². The number of hydrogen-bond acceptors (Lipinski definition) is 5. The maximum atomic E-state index is 12.0. The first kappa shape index (κ1) is 13.0. The zero-order valence-corrected chi connectivity index (χ0v) is 11.4. The van der Waals surface area contributed by atoms with Crippen molar-refractivity contribution in [1.82, 2.24) is 0 Å². The number of ether oxygens (including phenoxy) is 1. The predicted molar refractivity (Wildman–Crippen MR) is 66.6 cm³/mol. The lowest BCUT2D eigenvalue weighted by Gasteiger charge is -2.14. The average Bonchev–Trinajstić information content (AvgIpc) is 2.63. The lowest BCUT2D eigenvalue weighted by molar-refractivity contribution is 0.0519. The summed E-state index contributed by atoms with van der Waals surface area (Å²) in [6.45, 7) is 3.45. The van der Waals surface area contributed by atoms with Crippen molar-refractivity contribution in [2.75, 3.05) is 6.61 Å². The molecule has 1 N–H and O–H groups in total. The number of carbonyl (C=O) groups is 2. The largest absolute Gasteiger partial charge is 0.462 e. The molecule has 0 saturated carbocycles. The molecule has 6 heteroatoms. The van der Waals surface area contributed by atoms with Gasteiger partial charge in [-0.05, 0) is 19.9 Å². The first-order chi connectivity index (χ1) is 8.47. The number of aryl methyl sites for hydroxylation is 1. The van der Waals surface area contributed by atoms with E-state index >= 15 is 0 Å². The van der Waals surface area contributed by atoms with E-state index in [1.54, 1.807) is 13.8 Å². The first-order valence-corrected chi connectivity index (χ1v) is 6.16. The molecule has 0 fully saturated rings. The summed E-state index contributed by atoms with van der Waals surface area (Å²) in [4.78, 5) is 23.8. The van der Waals surface area contributed by atoms with E-state index in [-0.39, 0.29) is 23.5 Å². The molecule has 0 aliphatic heterocycles. The third-order valence-corrected chi connectivity index (χ3v) is 3.28. The molecule has 96 valence electrons. The lowest BCUT2D eigenvalue weighted by Crippen LogP contribution is -2.26. The van der Waals surface area contributed by atoms with Crippen LogP contribution in [0.2, 0.25) is 0 Å². The second-order valence-corrected chi connectivity index (χ2v) is 4.70. The molecule has 0 radical (unpaired) electrons. The Kier molecular flexibility index (Phi) is 3.41. The van der Waals surface area contributed by atoms with Crippen molar-refractivity contribution in [2.45, 2.75) is 20.0 Å². The highest BCUT2D eigenvalue weighted by Crippen LogP contribution is 2.33. The summed E-state index contributed by atoms with van der Waals surface area (Å²) in [5.41, 5.74) is 0.175. The van der Waals surface area contributed by atoms with Crippen molar-refractivity contribution in [2.24, 2.45) is 0 Å². The van der Waals surface area contributed by atoms with Gasteiger partial charge in [-0.3, -0.25) is 4.79 Å². The van der Waals surface area contributed by atoms with Crippen molar-refractivity contribution in [3.8, 4) is 0 Å². The van der Waals surface area contributed by atoms with E-state index in [1.165, 1.54) is 6.08 Å². The van der Waals surface area contributed by atoms with Gasteiger partial charge < -0.3 is 14.3 Å². The quantitative estimate of drug-likeness (QED) is 0.845. The molecule has 1 aromatic rings. The second-order valence-electron chi connectivity index (χ2n) is 3.79. The normalized spacial score (nSPS) is 18.3. The number of fused-ring (bicyclic) bond motifs is 1. The molecule has 0 spiro atoms. The van der Waals surface area contributed by atoms with Crippen LogP contribution in [-0.2, 0) is 4.74 Å². The zero-order valence-electron chi connectivity index (χ0n) is 9.82. The van der Waals surface area contributed by atoms with Crippen LogP contribution in [0.4, 0.5) is 0 Å². The number of halogens is 1. The fraction of sp³-hybridized carbons (Fsp3) is 0.333. The number of hydrogen-bond donors (Lipinski definition) is 1. The van der Waals surface area contributed by atoms with Crippen molar-refractivity contribution in [3.63, 3.8) is 0 Å². The Hall–Kier alpha value is -1.40. The monoisotopic (exact) mass is 314 g/mol. The number of rotatable bonds is 2. The van der Waals surface area contributed by atoms with Crippen molar-refractivity contribution in [3.05, 3.63) is 27.1 Å². The number of ketones is 1. The van der Waals surface area contributed by atoms with E-state index in [0.29, 0.717) is 10.2 Å². The molecule has 0 saturated heterocycles. The van der Waals surface area contributed by atoms with Gasteiger partial charge in [0.1, 0.15) is 23.2 Å². The van der Waals surface area contributed by atoms with E-state index < -0.39 is 17.9 Å². The van der Waals surface area contributed by atoms with Crippen molar-refractivity contribution in [1.29, 1.82) is 0 Å². The maximum absolute atomic E-state index is 12.0. The third-order valence-electron chi connectivity index (χ3n) is 2.62. The van der Waals surface area contributed by atoms with Gasteiger partial charge in [0.2, 0.25) is 5.78 Å². The molecule has 1 aliphatic carbocycles. The number of aliphatic hydroxyl groups is 1. The summed E-state index contributed by atoms with van der Waals surface area (Å²) in [5.74, 6) is -0.624. The summed E-state index contributed by atoms with van der Waals surface area (Å²) in [7, 11) is 0. The molecule has 1 aromatic heterocycles. The van der Waals surface area contributed by atoms with Gasteiger partial charge in [0.25, 0.3) is 0 Å². The Bertz CT molecular complexity index is 555. The van der Waals surface area contributed by atoms with Gasteiger partial charge in [0.05, 0.1) is 12.2 Å². The molecular formula is C12H11BrO5. The van der Waals surface area contributed by atoms with Crippen molar-refractivity contribution < 1.29 is 23.8 Å². The molecule has 0 aromatic carbocycles. The highest BCUT2D eigenvalue weighted by Gasteiger charge is 2.36. The van der Waals surface area contributed by atoms with Gasteiger partial charge in [0.15, 0.2) is 0 Å². The Morgan fingerprint density at radius 3 is 2.89 bits per heavy atom. The summed E-state index contributed by atoms with van der Waals surface area (Å²) in [6.07, 6.45) is 0.180. The fourth-order valence-corrected chi connectivity index (χ4v) is 2.24. The van der Waals surface area contributed by atoms with Crippen LogP contribution in [0.5, 0.6) is 0 Å². The standard InChI is InChI=1S/C12H11BrO5/c1-3-17-12(16)8-5(2)18-7-4-6(13)10(14)11(15)9(7)8/h4,10,14H,3H2,1-2H3. The SMILES string of the molecule is CCOC(=O)c1c(C)oc2c1C(=O)C(O)C(Br)=C2. The molecule has 1 heterocycles. The van der Waals surface area contributed by atoms with Gasteiger partial charge in [-0.25, -0.2) is 4.79 Å². The summed E-state index contributed by atoms with van der Waals surface area (Å²) >= 11 is 3.08. The molecule has 2 rings (SSSR count). The van der Waals surface area contributed by atoms with Gasteiger partial charge in [-0.15, -0.1) is 0 Å². The first-order valence-electron chi connectivity index (χ1n) is 5.37. The van der Waals surface area contributed by atoms with Crippen LogP contribution in [0.25, 0.3) is 6.08 Å². The van der Waals surface area contributed by atoms with E-state index in [2.05, 4.69) is 15.9 Å². The second kappa shape index (κ2) is 4.70. The van der Waals surface area contributed by atoms with Gasteiger partial charge in [0, 0.05) is 4.48 Å². The third kappa shape index (κ3) is 1.91. The predicted octanol–water partition coefficient (Wildman–Crippen LogP) is 2.06. The van der Waals surface area contributed by atoms with E-state index in [4.69, 9.17) is 9.15 Å². The minimum atomic E-state index is -1.30. The van der Waals surface area contributed by atoms with Crippen LogP contribution in [0, 0.1) is 6.92 Å². The van der Waals surface area contributed by atoms with E-state index in [9.17, 15) is 14.7 Å². The highest BCUT2D eigenvalue weighted by atomic mass is 79.9. The summed E-state index contributed by atoms with van der Waals surface area (Å²) in [6, 6.07) is 0. The minimum Gasteiger partial charge on any atom is -0.462 e. The minimum absolute atomic E-state index is 0.0849. The molecule has 0 bridgehead atoms. The number of carbonyl (C=O) groups excluding carboxylic acids is 2. The Morgan fingerprint density at radius 1 is 1.61 bits per heavy atom. The zero-order chi connectivity index (χ0) is 13.4. The molecule has 1 unspecified atom stereocenters. The fourth-order valence-electron chi connectivity index (χ4n) is 1.83. The Morgan fingerprint density at radius 2 is 2.28 bits per heavy atom. The van der Waals surface area contributed by atoms with Gasteiger partial charge >= 0.3 is 5.97 Å². The average molecular weight is 315 g/mol. The molecule has 18 heavy (non-hydrogen) atoms. The van der Waals surface area contributed by atoms with E-state index in [0.717, 1.165) is 0 Å². The number of Topliss-reactive ketones (excluding diaryl/α,β-unsaturated/α-hetero) is 1. The number of esters is 1. The number of furan rings is 1. The van der Waals surface area contributed by atoms with Gasteiger partial charge in [-0.1, -0.05) is 15.9 Å². The number of aliphatic hydroxyl groups excluding tert-OH is 1. The van der Waals surface area contributed by atoms with Crippen LogP contribution in [0.15, 0.2) is 8.90 Å². The summed E-state index contributed by atoms with van der Waals surface area (Å²) < 4.78 is 10.5.